The van der Waals surface area contributed by atoms with Crippen molar-refractivity contribution in [3.05, 3.63) is 58.9 Å². The molecule has 0 saturated heterocycles. The van der Waals surface area contributed by atoms with Crippen LogP contribution in [0.5, 0.6) is 0 Å². The maximum atomic E-state index is 13.2. The van der Waals surface area contributed by atoms with Gasteiger partial charge in [-0.15, -0.1) is 11.3 Å². The highest BCUT2D eigenvalue weighted by Gasteiger charge is 2.12. The lowest BCUT2D eigenvalue weighted by atomic mass is 10.2. The number of benzene rings is 2. The summed E-state index contributed by atoms with van der Waals surface area (Å²) in [6, 6.07) is 9.07. The Balaban J connectivity index is 1.61. The molecule has 0 radical (unpaired) electrons. The first kappa shape index (κ1) is 16.1. The molecule has 7 heteroatoms. The Bertz CT molecular complexity index is 923. The summed E-state index contributed by atoms with van der Waals surface area (Å²) in [4.78, 5) is 28.0. The van der Waals surface area contributed by atoms with Crippen molar-refractivity contribution < 1.29 is 18.7 Å². The third-order valence-electron chi connectivity index (χ3n) is 3.38. The molecule has 0 atom stereocenters. The van der Waals surface area contributed by atoms with E-state index in [1.54, 1.807) is 36.7 Å². The van der Waals surface area contributed by atoms with E-state index in [4.69, 9.17) is 4.74 Å². The molecule has 1 aromatic heterocycles. The zero-order valence-electron chi connectivity index (χ0n) is 12.7. The van der Waals surface area contributed by atoms with Crippen LogP contribution in [-0.4, -0.2) is 23.5 Å². The van der Waals surface area contributed by atoms with Gasteiger partial charge in [0.25, 0.3) is 5.91 Å². The third kappa shape index (κ3) is 3.57. The minimum Gasteiger partial charge on any atom is -0.452 e. The average molecular weight is 344 g/mol. The summed E-state index contributed by atoms with van der Waals surface area (Å²) >= 11 is 1.41. The maximum absolute atomic E-state index is 13.2. The first-order chi connectivity index (χ1) is 11.5. The normalized spacial score (nSPS) is 10.6. The van der Waals surface area contributed by atoms with Crippen LogP contribution in [0, 0.1) is 12.7 Å². The second kappa shape index (κ2) is 6.76. The Hall–Kier alpha value is -2.80. The van der Waals surface area contributed by atoms with Crippen molar-refractivity contribution in [2.24, 2.45) is 0 Å². The zero-order chi connectivity index (χ0) is 17.1. The Morgan fingerprint density at radius 1 is 1.25 bits per heavy atom. The highest BCUT2D eigenvalue weighted by Crippen LogP contribution is 2.19. The number of ether oxygens (including phenoxy) is 1. The van der Waals surface area contributed by atoms with Crippen LogP contribution in [0.1, 0.15) is 15.9 Å². The molecule has 122 valence electrons. The van der Waals surface area contributed by atoms with E-state index in [2.05, 4.69) is 10.3 Å². The summed E-state index contributed by atoms with van der Waals surface area (Å²) in [5.74, 6) is -1.59. The quantitative estimate of drug-likeness (QED) is 0.735. The van der Waals surface area contributed by atoms with E-state index < -0.39 is 24.3 Å². The summed E-state index contributed by atoms with van der Waals surface area (Å²) in [6.45, 7) is 1.29. The standard InChI is InChI=1S/C17H13FN2O3S/c1-10-2-4-12(18)7-14(10)20-16(21)8-23-17(22)11-3-5-13-15(6-11)24-9-19-13/h2-7,9H,8H2,1H3,(H,20,21). The minimum atomic E-state index is -0.601. The number of hydrogen-bond donors (Lipinski definition) is 1. The van der Waals surface area contributed by atoms with E-state index in [0.29, 0.717) is 16.8 Å². The van der Waals surface area contributed by atoms with Crippen LogP contribution < -0.4 is 5.32 Å². The van der Waals surface area contributed by atoms with Gasteiger partial charge in [0.05, 0.1) is 21.3 Å². The van der Waals surface area contributed by atoms with Crippen LogP contribution in [0.4, 0.5) is 10.1 Å². The molecule has 3 rings (SSSR count). The predicted molar refractivity (Wildman–Crippen MR) is 89.7 cm³/mol. The van der Waals surface area contributed by atoms with Gasteiger partial charge in [-0.2, -0.15) is 0 Å². The van der Waals surface area contributed by atoms with Crippen LogP contribution in [0.3, 0.4) is 0 Å². The van der Waals surface area contributed by atoms with Gasteiger partial charge in [0.1, 0.15) is 5.82 Å². The molecule has 0 aliphatic rings. The number of thiazole rings is 1. The number of esters is 1. The second-order valence-electron chi connectivity index (χ2n) is 5.12. The zero-order valence-corrected chi connectivity index (χ0v) is 13.5. The smallest absolute Gasteiger partial charge is 0.338 e. The number of aryl methyl sites for hydroxylation is 1. The van der Waals surface area contributed by atoms with Crippen molar-refractivity contribution in [2.45, 2.75) is 6.92 Å². The van der Waals surface area contributed by atoms with Gasteiger partial charge >= 0.3 is 5.97 Å². The molecule has 0 bridgehead atoms. The Labute approximate surface area is 141 Å². The van der Waals surface area contributed by atoms with Crippen molar-refractivity contribution >= 4 is 39.1 Å². The van der Waals surface area contributed by atoms with E-state index in [9.17, 15) is 14.0 Å². The number of anilines is 1. The van der Waals surface area contributed by atoms with Gasteiger partial charge in [0.15, 0.2) is 6.61 Å². The van der Waals surface area contributed by atoms with E-state index in [0.717, 1.165) is 10.2 Å². The topological polar surface area (TPSA) is 68.3 Å². The van der Waals surface area contributed by atoms with Gasteiger partial charge in [-0.05, 0) is 42.8 Å². The summed E-state index contributed by atoms with van der Waals surface area (Å²) in [7, 11) is 0. The molecule has 0 aliphatic carbocycles. The van der Waals surface area contributed by atoms with Gasteiger partial charge in [-0.25, -0.2) is 14.2 Å². The lowest BCUT2D eigenvalue weighted by molar-refractivity contribution is -0.119. The number of carbonyl (C=O) groups is 2. The minimum absolute atomic E-state index is 0.349. The molecule has 1 N–H and O–H groups in total. The van der Waals surface area contributed by atoms with Crippen molar-refractivity contribution in [2.75, 3.05) is 11.9 Å². The number of nitrogens with one attached hydrogen (secondary N) is 1. The number of nitrogens with zero attached hydrogens (tertiary/aromatic N) is 1. The van der Waals surface area contributed by atoms with Gasteiger partial charge in [0.2, 0.25) is 0 Å². The number of hydrogen-bond acceptors (Lipinski definition) is 5. The summed E-state index contributed by atoms with van der Waals surface area (Å²) in [6.07, 6.45) is 0. The number of aromatic nitrogens is 1. The highest BCUT2D eigenvalue weighted by atomic mass is 32.1. The van der Waals surface area contributed by atoms with Crippen molar-refractivity contribution in [1.82, 2.24) is 4.98 Å². The molecule has 0 unspecified atom stereocenters. The van der Waals surface area contributed by atoms with Crippen molar-refractivity contribution in [3.8, 4) is 0 Å². The van der Waals surface area contributed by atoms with Crippen LogP contribution in [0.2, 0.25) is 0 Å². The molecular formula is C17H13FN2O3S. The van der Waals surface area contributed by atoms with Crippen LogP contribution in [0.15, 0.2) is 41.9 Å². The van der Waals surface area contributed by atoms with E-state index in [1.165, 1.54) is 23.5 Å². The Morgan fingerprint density at radius 2 is 2.08 bits per heavy atom. The van der Waals surface area contributed by atoms with E-state index in [1.807, 2.05) is 0 Å². The monoisotopic (exact) mass is 344 g/mol. The summed E-state index contributed by atoms with van der Waals surface area (Å²) in [5, 5.41) is 2.52. The molecule has 24 heavy (non-hydrogen) atoms. The molecule has 0 fully saturated rings. The molecule has 1 amide bonds. The summed E-state index contributed by atoms with van der Waals surface area (Å²) < 4.78 is 19.1. The number of carbonyl (C=O) groups excluding carboxylic acids is 2. The lowest BCUT2D eigenvalue weighted by Gasteiger charge is -2.09. The average Bonchev–Trinajstić information content (AvgIpc) is 3.03. The molecule has 5 nitrogen and oxygen atoms in total. The molecule has 1 heterocycles. The largest absolute Gasteiger partial charge is 0.452 e. The van der Waals surface area contributed by atoms with Crippen LogP contribution in [0.25, 0.3) is 10.2 Å². The first-order valence-corrected chi connectivity index (χ1v) is 7.97. The summed E-state index contributed by atoms with van der Waals surface area (Å²) in [5.41, 5.74) is 3.90. The van der Waals surface area contributed by atoms with Gasteiger partial charge in [-0.3, -0.25) is 4.79 Å². The lowest BCUT2D eigenvalue weighted by Crippen LogP contribution is -2.21. The van der Waals surface area contributed by atoms with E-state index >= 15 is 0 Å². The number of fused-ring (bicyclic) bond motifs is 1. The van der Waals surface area contributed by atoms with Crippen molar-refractivity contribution in [1.29, 1.82) is 0 Å². The molecule has 0 spiro atoms. The molecule has 3 aromatic rings. The second-order valence-corrected chi connectivity index (χ2v) is 6.00. The van der Waals surface area contributed by atoms with Crippen molar-refractivity contribution in [3.63, 3.8) is 0 Å². The number of halogens is 1. The van der Waals surface area contributed by atoms with Crippen LogP contribution >= 0.6 is 11.3 Å². The Morgan fingerprint density at radius 3 is 2.92 bits per heavy atom. The van der Waals surface area contributed by atoms with Gasteiger partial charge in [0, 0.05) is 5.69 Å². The predicted octanol–water partition coefficient (Wildman–Crippen LogP) is 3.54. The molecule has 2 aromatic carbocycles. The number of amides is 1. The molecule has 0 saturated carbocycles. The maximum Gasteiger partial charge on any atom is 0.338 e. The fourth-order valence-electron chi connectivity index (χ4n) is 2.11. The van der Waals surface area contributed by atoms with Gasteiger partial charge in [-0.1, -0.05) is 6.07 Å². The molecule has 0 aliphatic heterocycles. The highest BCUT2D eigenvalue weighted by molar-refractivity contribution is 7.16. The molecular weight excluding hydrogens is 331 g/mol. The van der Waals surface area contributed by atoms with E-state index in [-0.39, 0.29) is 0 Å². The Kier molecular flexibility index (Phi) is 4.52. The fraction of sp³-hybridized carbons (Fsp3) is 0.118. The first-order valence-electron chi connectivity index (χ1n) is 7.09. The number of rotatable bonds is 4. The fourth-order valence-corrected chi connectivity index (χ4v) is 2.83. The van der Waals surface area contributed by atoms with Gasteiger partial charge < -0.3 is 10.1 Å². The SMILES string of the molecule is Cc1ccc(F)cc1NC(=O)COC(=O)c1ccc2ncsc2c1. The van der Waals surface area contributed by atoms with Crippen LogP contribution in [-0.2, 0) is 9.53 Å². The third-order valence-corrected chi connectivity index (χ3v) is 4.17.